The summed E-state index contributed by atoms with van der Waals surface area (Å²) in [4.78, 5) is 12.3. The van der Waals surface area contributed by atoms with Crippen molar-refractivity contribution in [3.63, 3.8) is 0 Å². The number of aromatic nitrogens is 3. The molecule has 1 aliphatic carbocycles. The van der Waals surface area contributed by atoms with Crippen LogP contribution < -0.4 is 5.32 Å². The Balaban J connectivity index is 1.65. The van der Waals surface area contributed by atoms with Crippen molar-refractivity contribution in [2.75, 3.05) is 5.75 Å². The van der Waals surface area contributed by atoms with E-state index in [-0.39, 0.29) is 5.91 Å². The van der Waals surface area contributed by atoms with Crippen molar-refractivity contribution in [2.24, 2.45) is 0 Å². The van der Waals surface area contributed by atoms with Gasteiger partial charge in [0.25, 0.3) is 0 Å². The van der Waals surface area contributed by atoms with E-state index in [0.29, 0.717) is 34.2 Å². The van der Waals surface area contributed by atoms with E-state index >= 15 is 0 Å². The maximum absolute atomic E-state index is 12.3. The average molecular weight is 427 g/mol. The number of nitrogens with zero attached hydrogens (tertiary/aromatic N) is 3. The molecule has 1 aromatic heterocycles. The molecule has 5 nitrogen and oxygen atoms in total. The Morgan fingerprint density at radius 1 is 1.22 bits per heavy atom. The molecule has 1 saturated carbocycles. The zero-order valence-corrected chi connectivity index (χ0v) is 17.7. The number of hydrogen-bond donors (Lipinski definition) is 1. The molecule has 0 bridgehead atoms. The molecule has 27 heavy (non-hydrogen) atoms. The monoisotopic (exact) mass is 426 g/mol. The van der Waals surface area contributed by atoms with Crippen LogP contribution in [0.3, 0.4) is 0 Å². The molecular weight excluding hydrogens is 403 g/mol. The second kappa shape index (κ2) is 9.80. The van der Waals surface area contributed by atoms with E-state index in [2.05, 4.69) is 15.5 Å². The Kier molecular flexibility index (Phi) is 7.44. The van der Waals surface area contributed by atoms with Crippen LogP contribution >= 0.6 is 35.0 Å². The highest BCUT2D eigenvalue weighted by Crippen LogP contribution is 2.31. The van der Waals surface area contributed by atoms with Crippen LogP contribution in [0.1, 0.15) is 45.4 Å². The minimum atomic E-state index is 0.0589. The maximum atomic E-state index is 12.3. The fourth-order valence-corrected chi connectivity index (χ4v) is 4.68. The zero-order chi connectivity index (χ0) is 19.2. The molecule has 1 aliphatic rings. The summed E-state index contributed by atoms with van der Waals surface area (Å²) in [7, 11) is 0. The summed E-state index contributed by atoms with van der Waals surface area (Å²) in [6, 6.07) is 5.63. The van der Waals surface area contributed by atoms with Gasteiger partial charge in [-0.1, -0.05) is 60.6 Å². The van der Waals surface area contributed by atoms with Gasteiger partial charge < -0.3 is 9.88 Å². The lowest BCUT2D eigenvalue weighted by Gasteiger charge is -2.16. The molecule has 0 spiro atoms. The van der Waals surface area contributed by atoms with Crippen LogP contribution in [-0.2, 0) is 11.3 Å². The Morgan fingerprint density at radius 2 is 1.96 bits per heavy atom. The van der Waals surface area contributed by atoms with Crippen LogP contribution in [0.15, 0.2) is 23.4 Å². The summed E-state index contributed by atoms with van der Waals surface area (Å²) in [6.45, 7) is 2.71. The zero-order valence-electron chi connectivity index (χ0n) is 15.4. The smallest absolute Gasteiger partial charge is 0.230 e. The first-order valence-corrected chi connectivity index (χ1v) is 11.1. The molecule has 0 atom stereocenters. The number of rotatable bonds is 6. The third-order valence-electron chi connectivity index (χ3n) is 4.76. The quantitative estimate of drug-likeness (QED) is 0.508. The molecule has 0 radical (unpaired) electrons. The minimum Gasteiger partial charge on any atom is -0.353 e. The Labute approximate surface area is 174 Å². The predicted molar refractivity (Wildman–Crippen MR) is 112 cm³/mol. The molecule has 0 aliphatic heterocycles. The molecule has 1 aromatic carbocycles. The highest BCUT2D eigenvalue weighted by molar-refractivity contribution is 7.99. The molecule has 146 valence electrons. The van der Waals surface area contributed by atoms with Gasteiger partial charge in [-0.15, -0.1) is 10.2 Å². The van der Waals surface area contributed by atoms with E-state index in [9.17, 15) is 4.79 Å². The van der Waals surface area contributed by atoms with Gasteiger partial charge in [-0.05, 0) is 38.0 Å². The fraction of sp³-hybridized carbons (Fsp3) is 0.526. The number of nitrogens with one attached hydrogen (secondary N) is 1. The lowest BCUT2D eigenvalue weighted by molar-refractivity contribution is -0.119. The van der Waals surface area contributed by atoms with Crippen molar-refractivity contribution in [1.29, 1.82) is 0 Å². The standard InChI is InChI=1S/C19H24Cl2N4OS/c1-2-25-18(15-10-9-13(20)11-16(15)21)23-24-19(25)27-12-17(26)22-14-7-5-3-4-6-8-14/h9-11,14H,2-8,12H2,1H3,(H,22,26). The number of hydrogen-bond acceptors (Lipinski definition) is 4. The molecule has 2 aromatic rings. The van der Waals surface area contributed by atoms with E-state index in [1.807, 2.05) is 17.6 Å². The first-order valence-electron chi connectivity index (χ1n) is 9.39. The van der Waals surface area contributed by atoms with Gasteiger partial charge >= 0.3 is 0 Å². The van der Waals surface area contributed by atoms with Gasteiger partial charge in [-0.3, -0.25) is 4.79 Å². The number of benzene rings is 1. The van der Waals surface area contributed by atoms with E-state index in [1.54, 1.807) is 12.1 Å². The van der Waals surface area contributed by atoms with E-state index in [1.165, 1.54) is 37.4 Å². The number of thioether (sulfide) groups is 1. The van der Waals surface area contributed by atoms with E-state index in [4.69, 9.17) is 23.2 Å². The van der Waals surface area contributed by atoms with Crippen LogP contribution in [0.5, 0.6) is 0 Å². The number of carbonyl (C=O) groups excluding carboxylic acids is 1. The number of carbonyl (C=O) groups is 1. The third kappa shape index (κ3) is 5.39. The summed E-state index contributed by atoms with van der Waals surface area (Å²) in [6.07, 6.45) is 7.12. The van der Waals surface area contributed by atoms with Gasteiger partial charge in [0, 0.05) is 23.2 Å². The Hall–Kier alpha value is -1.24. The van der Waals surface area contributed by atoms with Gasteiger partial charge in [0.1, 0.15) is 0 Å². The first-order chi connectivity index (χ1) is 13.1. The number of halogens is 2. The third-order valence-corrected chi connectivity index (χ3v) is 6.27. The van der Waals surface area contributed by atoms with Gasteiger partial charge in [0.15, 0.2) is 11.0 Å². The van der Waals surface area contributed by atoms with Gasteiger partial charge in [-0.25, -0.2) is 0 Å². The molecule has 3 rings (SSSR count). The summed E-state index contributed by atoms with van der Waals surface area (Å²) < 4.78 is 1.97. The molecular formula is C19H24Cl2N4OS. The molecule has 1 amide bonds. The highest BCUT2D eigenvalue weighted by atomic mass is 35.5. The van der Waals surface area contributed by atoms with Crippen molar-refractivity contribution in [3.05, 3.63) is 28.2 Å². The van der Waals surface area contributed by atoms with Crippen molar-refractivity contribution in [1.82, 2.24) is 20.1 Å². The van der Waals surface area contributed by atoms with Crippen molar-refractivity contribution >= 4 is 40.9 Å². The summed E-state index contributed by atoms with van der Waals surface area (Å²) in [5.74, 6) is 1.08. The van der Waals surface area contributed by atoms with Crippen molar-refractivity contribution in [2.45, 2.75) is 63.2 Å². The van der Waals surface area contributed by atoms with Crippen LogP contribution in [0.2, 0.25) is 10.0 Å². The van der Waals surface area contributed by atoms with Crippen molar-refractivity contribution < 1.29 is 4.79 Å². The Morgan fingerprint density at radius 3 is 2.63 bits per heavy atom. The van der Waals surface area contributed by atoms with Crippen LogP contribution in [-0.4, -0.2) is 32.5 Å². The van der Waals surface area contributed by atoms with Crippen LogP contribution in [0, 0.1) is 0 Å². The van der Waals surface area contributed by atoms with Gasteiger partial charge in [-0.2, -0.15) is 0 Å². The van der Waals surface area contributed by atoms with Crippen LogP contribution in [0.4, 0.5) is 0 Å². The summed E-state index contributed by atoms with van der Waals surface area (Å²) >= 11 is 13.7. The second-order valence-corrected chi connectivity index (χ2v) is 8.51. The fourth-order valence-electron chi connectivity index (χ4n) is 3.37. The lowest BCUT2D eigenvalue weighted by Crippen LogP contribution is -2.35. The first kappa shape index (κ1) is 20.5. The highest BCUT2D eigenvalue weighted by Gasteiger charge is 2.18. The minimum absolute atomic E-state index is 0.0589. The normalized spacial score (nSPS) is 15.5. The molecule has 0 saturated heterocycles. The molecule has 8 heteroatoms. The van der Waals surface area contributed by atoms with E-state index in [0.717, 1.165) is 23.6 Å². The van der Waals surface area contributed by atoms with E-state index < -0.39 is 0 Å². The largest absolute Gasteiger partial charge is 0.353 e. The average Bonchev–Trinajstić information content (AvgIpc) is 2.87. The Bertz CT molecular complexity index is 788. The summed E-state index contributed by atoms with van der Waals surface area (Å²) in [5.41, 5.74) is 0.783. The topological polar surface area (TPSA) is 59.8 Å². The second-order valence-electron chi connectivity index (χ2n) is 6.72. The lowest BCUT2D eigenvalue weighted by atomic mass is 10.1. The van der Waals surface area contributed by atoms with Gasteiger partial charge in [0.2, 0.25) is 5.91 Å². The summed E-state index contributed by atoms with van der Waals surface area (Å²) in [5, 5.41) is 13.6. The molecule has 0 unspecified atom stereocenters. The maximum Gasteiger partial charge on any atom is 0.230 e. The molecule has 1 fully saturated rings. The van der Waals surface area contributed by atoms with Crippen LogP contribution in [0.25, 0.3) is 11.4 Å². The molecule has 1 N–H and O–H groups in total. The predicted octanol–water partition coefficient (Wildman–Crippen LogP) is 5.20. The van der Waals surface area contributed by atoms with Gasteiger partial charge in [0.05, 0.1) is 10.8 Å². The SMILES string of the molecule is CCn1c(SCC(=O)NC2CCCCCC2)nnc1-c1ccc(Cl)cc1Cl. The van der Waals surface area contributed by atoms with Crippen molar-refractivity contribution in [3.8, 4) is 11.4 Å². The number of amides is 1. The molecule has 1 heterocycles.